The van der Waals surface area contributed by atoms with Gasteiger partial charge >= 0.3 is 33.1 Å². The maximum atomic E-state index is 12.9. The third kappa shape index (κ3) is 10.8. The van der Waals surface area contributed by atoms with Crippen LogP contribution < -0.4 is 0 Å². The Hall–Kier alpha value is -3.04. The highest BCUT2D eigenvalue weighted by molar-refractivity contribution is 6.56. The first-order valence-electron chi connectivity index (χ1n) is 16.3. The first-order chi connectivity index (χ1) is 21.5. The molecule has 12 nitrogen and oxygen atoms in total. The van der Waals surface area contributed by atoms with Crippen molar-refractivity contribution in [1.29, 1.82) is 0 Å². The zero-order chi connectivity index (χ0) is 35.9. The van der Waals surface area contributed by atoms with Gasteiger partial charge in [0, 0.05) is 16.2 Å². The quantitative estimate of drug-likeness (QED) is 0.0778. The van der Waals surface area contributed by atoms with Crippen LogP contribution in [-0.2, 0) is 54.5 Å². The van der Waals surface area contributed by atoms with Gasteiger partial charge in [0.25, 0.3) is 0 Å². The maximum Gasteiger partial charge on any atom is 1.20 e. The van der Waals surface area contributed by atoms with Crippen molar-refractivity contribution in [3.8, 4) is 0 Å². The minimum atomic E-state index is -4.45. The van der Waals surface area contributed by atoms with Gasteiger partial charge in [0.2, 0.25) is 17.3 Å². The molecular weight excluding hydrogens is 615 g/mol. The van der Waals surface area contributed by atoms with Crippen LogP contribution in [0.2, 0.25) is 0 Å². The summed E-state index contributed by atoms with van der Waals surface area (Å²) in [6.07, 6.45) is 1.25. The Kier molecular flexibility index (Phi) is 18.3. The minimum absolute atomic E-state index is 0.417. The molecule has 0 aromatic rings. The van der Waals surface area contributed by atoms with Crippen molar-refractivity contribution < 1.29 is 54.5 Å². The van der Waals surface area contributed by atoms with Gasteiger partial charge in [0.1, 0.15) is 17.3 Å². The Labute approximate surface area is 277 Å². The van der Waals surface area contributed by atoms with Gasteiger partial charge < -0.3 is 11.4 Å². The molecule has 0 rings (SSSR count). The molecule has 0 saturated heterocycles. The molecule has 0 atom stereocenters. The lowest BCUT2D eigenvalue weighted by atomic mass is 9.74. The molecule has 0 N–H and O–H groups in total. The van der Waals surface area contributed by atoms with Crippen molar-refractivity contribution in [3.05, 3.63) is 0 Å². The largest absolute Gasteiger partial charge is 1.20 e. The van der Waals surface area contributed by atoms with Gasteiger partial charge in [-0.25, -0.2) is 14.4 Å². The highest BCUT2D eigenvalue weighted by Crippen LogP contribution is 2.34. The van der Waals surface area contributed by atoms with Crippen molar-refractivity contribution >= 4 is 67.8 Å². The first-order valence-corrected chi connectivity index (χ1v) is 17.7. The summed E-state index contributed by atoms with van der Waals surface area (Å²) >= 11 is -4.45. The van der Waals surface area contributed by atoms with Crippen molar-refractivity contribution in [2.24, 2.45) is 16.2 Å². The molecule has 0 bridgehead atoms. The van der Waals surface area contributed by atoms with E-state index in [9.17, 15) is 43.2 Å². The second-order valence-corrected chi connectivity index (χ2v) is 12.9. The van der Waals surface area contributed by atoms with Gasteiger partial charge in [-0.3, -0.25) is 28.8 Å². The SMILES string of the molecule is CCC(CC)(CC)C(=O)CC(=O)C(=O)[O][Al]([O]C(=O)C(=O)CC(=O)C(CC)(CC)CC)[O]C(=O)C(=O)CC(=O)C(CC)(CC)CC. The van der Waals surface area contributed by atoms with Crippen LogP contribution in [-0.4, -0.2) is 67.8 Å². The van der Waals surface area contributed by atoms with Crippen LogP contribution in [0, 0.1) is 16.2 Å². The Balaban J connectivity index is 6.08. The van der Waals surface area contributed by atoms with E-state index in [1.807, 2.05) is 0 Å². The number of ketones is 6. The van der Waals surface area contributed by atoms with Gasteiger partial charge in [0.15, 0.2) is 0 Å². The van der Waals surface area contributed by atoms with Gasteiger partial charge in [-0.05, 0) is 57.8 Å². The average Bonchev–Trinajstić information content (AvgIpc) is 3.04. The van der Waals surface area contributed by atoms with Crippen LogP contribution in [0.15, 0.2) is 0 Å². The molecule has 0 spiro atoms. The van der Waals surface area contributed by atoms with E-state index in [2.05, 4.69) is 0 Å². The van der Waals surface area contributed by atoms with E-state index in [-0.39, 0.29) is 0 Å². The fraction of sp³-hybridized carbons (Fsp3) is 0.727. The lowest BCUT2D eigenvalue weighted by molar-refractivity contribution is -0.160. The molecule has 13 heteroatoms. The van der Waals surface area contributed by atoms with Crippen LogP contribution in [0.1, 0.15) is 139 Å². The minimum Gasteiger partial charge on any atom is -0.545 e. The van der Waals surface area contributed by atoms with E-state index in [4.69, 9.17) is 11.4 Å². The van der Waals surface area contributed by atoms with E-state index < -0.39 is 103 Å². The van der Waals surface area contributed by atoms with Crippen LogP contribution in [0.3, 0.4) is 0 Å². The number of carbonyl (C=O) groups is 9. The summed E-state index contributed by atoms with van der Waals surface area (Å²) in [7, 11) is 0. The van der Waals surface area contributed by atoms with Gasteiger partial charge in [-0.1, -0.05) is 62.3 Å². The zero-order valence-corrected chi connectivity index (χ0v) is 30.1. The average molecular weight is 667 g/mol. The third-order valence-corrected chi connectivity index (χ3v) is 11.3. The standard InChI is InChI=1S/3C11H18O4.Al/c3*1-4-11(5-2,6-3)9(13)7-8(12)10(14)15;/h3*4-7H2,1-3H3,(H,14,15);/q;;;+3/p-3. The van der Waals surface area contributed by atoms with E-state index in [1.165, 1.54) is 0 Å². The van der Waals surface area contributed by atoms with Crippen molar-refractivity contribution in [1.82, 2.24) is 0 Å². The molecule has 0 unspecified atom stereocenters. The van der Waals surface area contributed by atoms with Crippen LogP contribution in [0.5, 0.6) is 0 Å². The predicted octanol–water partition coefficient (Wildman–Crippen LogP) is 4.84. The van der Waals surface area contributed by atoms with E-state index in [1.54, 1.807) is 62.3 Å². The fourth-order valence-electron chi connectivity index (χ4n) is 5.77. The molecule has 0 aliphatic rings. The number of carbonyl (C=O) groups excluding carboxylic acids is 9. The smallest absolute Gasteiger partial charge is 0.545 e. The molecule has 0 aliphatic heterocycles. The Bertz CT molecular complexity index is 992. The van der Waals surface area contributed by atoms with E-state index in [0.717, 1.165) is 0 Å². The summed E-state index contributed by atoms with van der Waals surface area (Å²) in [6.45, 7) is 16.0. The highest BCUT2D eigenvalue weighted by Gasteiger charge is 2.53. The van der Waals surface area contributed by atoms with Crippen molar-refractivity contribution in [2.45, 2.75) is 139 Å². The molecule has 46 heavy (non-hydrogen) atoms. The molecule has 0 aromatic carbocycles. The number of rotatable bonds is 24. The predicted molar refractivity (Wildman–Crippen MR) is 168 cm³/mol. The molecule has 0 fully saturated rings. The van der Waals surface area contributed by atoms with Gasteiger partial charge in [-0.2, -0.15) is 0 Å². The van der Waals surface area contributed by atoms with Crippen molar-refractivity contribution in [2.75, 3.05) is 0 Å². The molecule has 0 heterocycles. The molecule has 0 saturated carbocycles. The summed E-state index contributed by atoms with van der Waals surface area (Å²) in [4.78, 5) is 115. The van der Waals surface area contributed by atoms with Crippen LogP contribution >= 0.6 is 0 Å². The molecule has 0 aliphatic carbocycles. The number of Topliss-reactive ketones (excluding diaryl/α,β-unsaturated/α-hetero) is 6. The van der Waals surface area contributed by atoms with Gasteiger partial charge in [-0.15, -0.1) is 0 Å². The fourth-order valence-corrected chi connectivity index (χ4v) is 6.84. The summed E-state index contributed by atoms with van der Waals surface area (Å²) in [5, 5.41) is 0. The van der Waals surface area contributed by atoms with Crippen molar-refractivity contribution in [3.63, 3.8) is 0 Å². The Morgan fingerprint density at radius 1 is 0.370 bits per heavy atom. The Morgan fingerprint density at radius 2 is 0.543 bits per heavy atom. The van der Waals surface area contributed by atoms with Gasteiger partial charge in [0.05, 0.1) is 19.3 Å². The Morgan fingerprint density at radius 3 is 0.696 bits per heavy atom. The van der Waals surface area contributed by atoms with E-state index >= 15 is 0 Å². The normalized spacial score (nSPS) is 11.7. The summed E-state index contributed by atoms with van der Waals surface area (Å²) in [6, 6.07) is 0. The molecular formula is C33H51AlO12. The second kappa shape index (κ2) is 19.6. The monoisotopic (exact) mass is 666 g/mol. The molecule has 0 radical (unpaired) electrons. The highest BCUT2D eigenvalue weighted by atomic mass is 27.3. The topological polar surface area (TPSA) is 181 Å². The lowest BCUT2D eigenvalue weighted by Crippen LogP contribution is -2.42. The summed E-state index contributed by atoms with van der Waals surface area (Å²) in [5.41, 5.74) is -2.54. The van der Waals surface area contributed by atoms with Crippen LogP contribution in [0.4, 0.5) is 0 Å². The maximum absolute atomic E-state index is 12.9. The second-order valence-electron chi connectivity index (χ2n) is 11.6. The summed E-state index contributed by atoms with van der Waals surface area (Å²) in [5.74, 6) is -10.5. The third-order valence-electron chi connectivity index (χ3n) is 10.1. The zero-order valence-electron chi connectivity index (χ0n) is 29.0. The number of hydrogen-bond donors (Lipinski definition) is 0. The molecule has 0 aromatic heterocycles. The summed E-state index contributed by atoms with van der Waals surface area (Å²) < 4.78 is 14.6. The van der Waals surface area contributed by atoms with E-state index in [0.29, 0.717) is 57.8 Å². The first kappa shape index (κ1) is 43.0. The van der Waals surface area contributed by atoms with Crippen LogP contribution in [0.25, 0.3) is 0 Å². The molecule has 258 valence electrons. The molecule has 0 amide bonds. The lowest BCUT2D eigenvalue weighted by Gasteiger charge is -2.28. The number of hydrogen-bond acceptors (Lipinski definition) is 12.